The van der Waals surface area contributed by atoms with Gasteiger partial charge in [0.05, 0.1) is 42.2 Å². The third-order valence-electron chi connectivity index (χ3n) is 12.2. The lowest BCUT2D eigenvalue weighted by atomic mass is 9.77. The Morgan fingerprint density at radius 3 is 2.17 bits per heavy atom. The van der Waals surface area contributed by atoms with Crippen molar-refractivity contribution in [3.05, 3.63) is 179 Å². The highest BCUT2D eigenvalue weighted by molar-refractivity contribution is 6.16. The molecule has 0 saturated heterocycles. The molecule has 3 heterocycles. The molecule has 1 spiro atoms. The highest BCUT2D eigenvalue weighted by atomic mass is 35.5. The van der Waals surface area contributed by atoms with Crippen LogP contribution in [0.15, 0.2) is 150 Å². The van der Waals surface area contributed by atoms with E-state index in [1.54, 1.807) is 31.4 Å². The van der Waals surface area contributed by atoms with Gasteiger partial charge in [-0.1, -0.05) is 72.8 Å². The highest BCUT2D eigenvalue weighted by Crippen LogP contribution is 2.58. The smallest absolute Gasteiger partial charge is 0.340 e. The molecule has 10 nitrogen and oxygen atoms in total. The van der Waals surface area contributed by atoms with Crippen LogP contribution in [-0.2, 0) is 15.1 Å². The van der Waals surface area contributed by atoms with E-state index >= 15 is 0 Å². The van der Waals surface area contributed by atoms with Crippen LogP contribution in [-0.4, -0.2) is 59.5 Å². The van der Waals surface area contributed by atoms with Crippen molar-refractivity contribution in [3.63, 3.8) is 0 Å². The minimum absolute atomic E-state index is 0. The van der Waals surface area contributed by atoms with Gasteiger partial charge in [-0.15, -0.1) is 0 Å². The Hall–Kier alpha value is -7.82. The van der Waals surface area contributed by atoms with Crippen molar-refractivity contribution in [2.24, 2.45) is 0 Å². The summed E-state index contributed by atoms with van der Waals surface area (Å²) in [7, 11) is 11.0. The normalized spacial score (nSPS) is 14.3. The topological polar surface area (TPSA) is 111 Å². The number of nitrogens with zero attached hydrogens (tertiary/aromatic N) is 2. The standard InChI is InChI=1S/C28H24NO4.C26H19NO4.ClH/c1-29(2)18-13-15-21-24(16-18)33-27-22(14-12-17-8-7-11-23(31-3)25(17)27)26(21)19-9-5-6-10-20(19)28(30)32-4;1-27(2)16-11-13-19-22(14-16)30-24-20(12-10-15-6-5-9-21(28)23(15)24)26(19)18-8-4-3-7-17(18)25(29)31-26;/h5-16H,1-4H3;3-14,28H,1-2H3;1H/q+1;;/p-1. The number of phenols is 1. The number of methoxy groups -OCH3 is 2. The zero-order chi connectivity index (χ0) is 44.4. The molecule has 11 heteroatoms. The molecule has 3 aliphatic heterocycles. The molecule has 1 N–H and O–H groups in total. The second kappa shape index (κ2) is 16.4. The van der Waals surface area contributed by atoms with E-state index in [0.29, 0.717) is 39.2 Å². The summed E-state index contributed by atoms with van der Waals surface area (Å²) >= 11 is 0. The first-order valence-electron chi connectivity index (χ1n) is 20.8. The summed E-state index contributed by atoms with van der Waals surface area (Å²) in [5, 5.41) is 16.0. The second-order valence-corrected chi connectivity index (χ2v) is 16.2. The van der Waals surface area contributed by atoms with Crippen molar-refractivity contribution in [2.45, 2.75) is 5.60 Å². The minimum atomic E-state index is -1.14. The summed E-state index contributed by atoms with van der Waals surface area (Å²) in [5.41, 5.74) is 6.44. The SMILES string of the molecule is CN(C)c1ccc2c(c1)Oc1c(ccc3cccc(O)c13)C21OC(=O)c2ccccc21.COC(=O)c1ccccc1-c1c2ccc(=[N+](C)C)cc-2oc2c1ccc1cccc(OC)c12.[Cl-]. The quantitative estimate of drug-likeness (QED) is 0.0839. The van der Waals surface area contributed by atoms with E-state index in [4.69, 9.17) is 23.4 Å². The molecule has 0 aromatic heterocycles. The van der Waals surface area contributed by atoms with Crippen LogP contribution in [0.25, 0.3) is 55.0 Å². The van der Waals surface area contributed by atoms with Crippen LogP contribution in [0.2, 0.25) is 0 Å². The van der Waals surface area contributed by atoms with Crippen molar-refractivity contribution in [1.29, 1.82) is 0 Å². The van der Waals surface area contributed by atoms with Crippen molar-refractivity contribution >= 4 is 50.1 Å². The van der Waals surface area contributed by atoms with Crippen LogP contribution >= 0.6 is 0 Å². The maximum Gasteiger partial charge on any atom is 0.340 e. The molecule has 4 aliphatic rings. The first kappa shape index (κ1) is 42.5. The lowest BCUT2D eigenvalue weighted by molar-refractivity contribution is -0.0000708. The molecule has 1 atom stereocenters. The summed E-state index contributed by atoms with van der Waals surface area (Å²) in [6.45, 7) is 0. The Balaban J connectivity index is 0.000000162. The minimum Gasteiger partial charge on any atom is -1.00 e. The van der Waals surface area contributed by atoms with Crippen molar-refractivity contribution in [3.8, 4) is 45.4 Å². The third-order valence-corrected chi connectivity index (χ3v) is 12.2. The molecule has 324 valence electrons. The number of benzene rings is 8. The van der Waals surface area contributed by atoms with E-state index in [1.165, 1.54) is 7.11 Å². The van der Waals surface area contributed by atoms with E-state index in [-0.39, 0.29) is 30.1 Å². The van der Waals surface area contributed by atoms with Crippen molar-refractivity contribution < 1.29 is 50.5 Å². The van der Waals surface area contributed by atoms with Gasteiger partial charge < -0.3 is 45.8 Å². The van der Waals surface area contributed by atoms with Crippen LogP contribution < -0.4 is 36.7 Å². The van der Waals surface area contributed by atoms with Gasteiger partial charge in [-0.2, -0.15) is 0 Å². The van der Waals surface area contributed by atoms with Gasteiger partial charge >= 0.3 is 11.9 Å². The van der Waals surface area contributed by atoms with E-state index in [2.05, 4.69) is 12.1 Å². The number of aromatic hydroxyl groups is 1. The molecule has 7 aromatic carbocycles. The van der Waals surface area contributed by atoms with Gasteiger partial charge in [0.25, 0.3) is 0 Å². The molecule has 0 amide bonds. The van der Waals surface area contributed by atoms with Gasteiger partial charge in [0.15, 0.2) is 5.60 Å². The zero-order valence-corrected chi connectivity index (χ0v) is 37.2. The summed E-state index contributed by atoms with van der Waals surface area (Å²) in [5.74, 6) is 1.93. The number of carbonyl (C=O) groups excluding carboxylic acids is 2. The Kier molecular flexibility index (Phi) is 10.7. The average molecular weight is 883 g/mol. The number of anilines is 1. The van der Waals surface area contributed by atoms with Crippen molar-refractivity contribution in [2.75, 3.05) is 47.3 Å². The summed E-state index contributed by atoms with van der Waals surface area (Å²) in [4.78, 5) is 27.6. The molecule has 0 bridgehead atoms. The molecule has 65 heavy (non-hydrogen) atoms. The first-order valence-corrected chi connectivity index (χ1v) is 20.8. The summed E-state index contributed by atoms with van der Waals surface area (Å²) in [6, 6.07) is 46.2. The Bertz CT molecular complexity index is 3450. The molecule has 7 aromatic rings. The lowest BCUT2D eigenvalue weighted by Crippen LogP contribution is -3.00. The van der Waals surface area contributed by atoms with Gasteiger partial charge in [-0.05, 0) is 70.9 Å². The molecule has 0 radical (unpaired) electrons. The van der Waals surface area contributed by atoms with E-state index in [0.717, 1.165) is 71.9 Å². The number of ether oxygens (including phenoxy) is 4. The Morgan fingerprint density at radius 2 is 1.42 bits per heavy atom. The van der Waals surface area contributed by atoms with Gasteiger partial charge in [0, 0.05) is 65.1 Å². The molecular weight excluding hydrogens is 840 g/mol. The molecule has 11 rings (SSSR count). The van der Waals surface area contributed by atoms with Gasteiger partial charge in [0.1, 0.15) is 48.4 Å². The van der Waals surface area contributed by atoms with Crippen molar-refractivity contribution in [1.82, 2.24) is 4.58 Å². The van der Waals surface area contributed by atoms with Crippen LogP contribution in [0.5, 0.6) is 23.0 Å². The molecule has 0 saturated carbocycles. The monoisotopic (exact) mass is 882 g/mol. The number of esters is 2. The maximum atomic E-state index is 12.9. The van der Waals surface area contributed by atoms with Crippen LogP contribution in [0.1, 0.15) is 37.4 Å². The molecule has 1 unspecified atom stereocenters. The Morgan fingerprint density at radius 1 is 0.708 bits per heavy atom. The second-order valence-electron chi connectivity index (χ2n) is 16.2. The number of hydrogen-bond donors (Lipinski definition) is 1. The van der Waals surface area contributed by atoms with Gasteiger partial charge in [-0.25, -0.2) is 14.2 Å². The number of fused-ring (bicyclic) bond motifs is 12. The van der Waals surface area contributed by atoms with E-state index in [1.807, 2.05) is 147 Å². The predicted octanol–water partition coefficient (Wildman–Crippen LogP) is 7.37. The number of rotatable bonds is 4. The molecular formula is C54H43ClN2O8. The Labute approximate surface area is 380 Å². The van der Waals surface area contributed by atoms with Gasteiger partial charge in [0.2, 0.25) is 5.36 Å². The van der Waals surface area contributed by atoms with E-state index in [9.17, 15) is 14.7 Å². The largest absolute Gasteiger partial charge is 1.00 e. The highest BCUT2D eigenvalue weighted by Gasteiger charge is 2.54. The van der Waals surface area contributed by atoms with E-state index < -0.39 is 5.60 Å². The summed E-state index contributed by atoms with van der Waals surface area (Å²) in [6.07, 6.45) is 0. The zero-order valence-electron chi connectivity index (χ0n) is 36.4. The fourth-order valence-corrected chi connectivity index (χ4v) is 9.15. The van der Waals surface area contributed by atoms with Crippen LogP contribution in [0.3, 0.4) is 0 Å². The number of carbonyl (C=O) groups is 2. The average Bonchev–Trinajstić information content (AvgIpc) is 3.61. The number of phenolic OH excluding ortho intramolecular Hbond substituents is 1. The summed E-state index contributed by atoms with van der Waals surface area (Å²) < 4.78 is 32.0. The van der Waals surface area contributed by atoms with Crippen LogP contribution in [0, 0.1) is 0 Å². The third kappa shape index (κ3) is 6.68. The fraction of sp³-hybridized carbons (Fsp3) is 0.130. The molecule has 1 aliphatic carbocycles. The first-order chi connectivity index (χ1) is 31.0. The van der Waals surface area contributed by atoms with Crippen LogP contribution in [0.4, 0.5) is 5.69 Å². The molecule has 0 fully saturated rings. The number of hydrogen-bond acceptors (Lipinski definition) is 9. The fourth-order valence-electron chi connectivity index (χ4n) is 9.15. The van der Waals surface area contributed by atoms with Gasteiger partial charge in [-0.3, -0.25) is 0 Å². The maximum absolute atomic E-state index is 12.9. The number of halogens is 1. The lowest BCUT2D eigenvalue weighted by Gasteiger charge is -2.37. The predicted molar refractivity (Wildman–Crippen MR) is 249 cm³/mol.